The van der Waals surface area contributed by atoms with Gasteiger partial charge in [-0.2, -0.15) is 9.57 Å². The maximum absolute atomic E-state index is 12.5. The number of hydrogen-bond acceptors (Lipinski definition) is 6. The van der Waals surface area contributed by atoms with Gasteiger partial charge in [-0.25, -0.2) is 13.2 Å². The van der Waals surface area contributed by atoms with Gasteiger partial charge in [0.1, 0.15) is 9.09 Å². The van der Waals surface area contributed by atoms with Gasteiger partial charge in [0.2, 0.25) is 0 Å². The van der Waals surface area contributed by atoms with Crippen molar-refractivity contribution in [3.63, 3.8) is 0 Å². The first kappa shape index (κ1) is 17.6. The van der Waals surface area contributed by atoms with Crippen LogP contribution in [0.5, 0.6) is 0 Å². The molecule has 0 saturated heterocycles. The normalized spacial score (nSPS) is 11.5. The summed E-state index contributed by atoms with van der Waals surface area (Å²) in [5.74, 6) is -1.15. The van der Waals surface area contributed by atoms with E-state index in [1.54, 1.807) is 6.92 Å². The second-order valence-corrected chi connectivity index (χ2v) is 7.40. The van der Waals surface area contributed by atoms with Gasteiger partial charge in [-0.3, -0.25) is 0 Å². The van der Waals surface area contributed by atoms with Crippen LogP contribution in [0.2, 0.25) is 0 Å². The van der Waals surface area contributed by atoms with Gasteiger partial charge in [-0.1, -0.05) is 0 Å². The molecule has 0 aliphatic heterocycles. The molecule has 0 radical (unpaired) electrons. The number of aromatic carboxylic acids is 1. The van der Waals surface area contributed by atoms with Crippen molar-refractivity contribution in [2.75, 3.05) is 26.8 Å². The van der Waals surface area contributed by atoms with E-state index in [9.17, 15) is 13.2 Å². The van der Waals surface area contributed by atoms with E-state index in [-0.39, 0.29) is 35.2 Å². The van der Waals surface area contributed by atoms with Crippen molar-refractivity contribution in [1.29, 1.82) is 5.26 Å². The molecule has 1 rings (SSSR count). The summed E-state index contributed by atoms with van der Waals surface area (Å²) in [6, 6.07) is 3.24. The van der Waals surface area contributed by atoms with Crippen LogP contribution in [-0.4, -0.2) is 50.6 Å². The number of sulfonamides is 1. The highest BCUT2D eigenvalue weighted by atomic mass is 32.2. The molecule has 0 amide bonds. The first-order valence-electron chi connectivity index (χ1n) is 6.04. The van der Waals surface area contributed by atoms with E-state index in [4.69, 9.17) is 15.1 Å². The van der Waals surface area contributed by atoms with Gasteiger partial charge in [0.25, 0.3) is 10.0 Å². The van der Waals surface area contributed by atoms with E-state index in [0.29, 0.717) is 16.9 Å². The molecule has 1 aromatic rings. The monoisotopic (exact) mass is 332 g/mol. The van der Waals surface area contributed by atoms with Gasteiger partial charge < -0.3 is 9.84 Å². The molecule has 0 fully saturated rings. The summed E-state index contributed by atoms with van der Waals surface area (Å²) >= 11 is 0.717. The number of thiophene rings is 1. The van der Waals surface area contributed by atoms with Crippen LogP contribution in [0.25, 0.3) is 0 Å². The zero-order valence-electron chi connectivity index (χ0n) is 11.7. The van der Waals surface area contributed by atoms with Crippen LogP contribution >= 0.6 is 11.3 Å². The third-order valence-electron chi connectivity index (χ3n) is 2.70. The van der Waals surface area contributed by atoms with Crippen LogP contribution < -0.4 is 0 Å². The molecule has 0 aliphatic carbocycles. The molecule has 9 heteroatoms. The summed E-state index contributed by atoms with van der Waals surface area (Å²) in [6.07, 6.45) is 0.0547. The molecule has 0 saturated carbocycles. The Labute approximate surface area is 127 Å². The molecule has 0 bridgehead atoms. The Kier molecular flexibility index (Phi) is 6.29. The van der Waals surface area contributed by atoms with Gasteiger partial charge in [0, 0.05) is 26.6 Å². The van der Waals surface area contributed by atoms with Crippen molar-refractivity contribution >= 4 is 27.3 Å². The van der Waals surface area contributed by atoms with E-state index in [0.717, 1.165) is 4.31 Å². The molecule has 116 valence electrons. The van der Waals surface area contributed by atoms with Crippen LogP contribution in [-0.2, 0) is 14.8 Å². The summed E-state index contributed by atoms with van der Waals surface area (Å²) in [5.41, 5.74) is 0.401. The number of carboxylic acids is 1. The molecule has 0 unspecified atom stereocenters. The summed E-state index contributed by atoms with van der Waals surface area (Å²) < 4.78 is 31.0. The van der Waals surface area contributed by atoms with Crippen molar-refractivity contribution < 1.29 is 23.1 Å². The molecule has 1 heterocycles. The lowest BCUT2D eigenvalue weighted by atomic mass is 10.3. The lowest BCUT2D eigenvalue weighted by Crippen LogP contribution is -2.34. The Morgan fingerprint density at radius 2 is 2.19 bits per heavy atom. The third-order valence-corrected chi connectivity index (χ3v) is 6.27. The second-order valence-electron chi connectivity index (χ2n) is 4.19. The number of carbonyl (C=O) groups is 1. The fraction of sp³-hybridized carbons (Fsp3) is 0.500. The number of nitrogens with zero attached hydrogens (tertiary/aromatic N) is 2. The Morgan fingerprint density at radius 1 is 1.52 bits per heavy atom. The van der Waals surface area contributed by atoms with Crippen LogP contribution in [0.1, 0.15) is 21.7 Å². The second kappa shape index (κ2) is 7.51. The number of hydrogen-bond donors (Lipinski definition) is 1. The SMILES string of the molecule is COCCN(CCC#N)S(=O)(=O)c1cc(C)c(C(=O)O)s1. The number of ether oxygens (including phenoxy) is 1. The molecule has 1 N–H and O–H groups in total. The standard InChI is InChI=1S/C12H16N2O5S2/c1-9-8-10(20-11(9)12(15)16)21(17,18)14(5-3-4-13)6-7-19-2/h8H,3,5-7H2,1-2H3,(H,15,16). The summed E-state index contributed by atoms with van der Waals surface area (Å²) in [7, 11) is -2.37. The predicted molar refractivity (Wildman–Crippen MR) is 76.9 cm³/mol. The van der Waals surface area contributed by atoms with Crippen molar-refractivity contribution in [1.82, 2.24) is 4.31 Å². The average molecular weight is 332 g/mol. The average Bonchev–Trinajstić information content (AvgIpc) is 2.81. The zero-order chi connectivity index (χ0) is 16.0. The van der Waals surface area contributed by atoms with Gasteiger partial charge in [0.15, 0.2) is 0 Å². The first-order valence-corrected chi connectivity index (χ1v) is 8.30. The molecule has 21 heavy (non-hydrogen) atoms. The highest BCUT2D eigenvalue weighted by molar-refractivity contribution is 7.91. The van der Waals surface area contributed by atoms with Crippen molar-refractivity contribution in [3.05, 3.63) is 16.5 Å². The number of nitriles is 1. The summed E-state index contributed by atoms with van der Waals surface area (Å²) in [4.78, 5) is 11.0. The molecular weight excluding hydrogens is 316 g/mol. The van der Waals surface area contributed by atoms with E-state index in [1.807, 2.05) is 6.07 Å². The molecule has 0 atom stereocenters. The van der Waals surface area contributed by atoms with Crippen molar-refractivity contribution in [2.45, 2.75) is 17.6 Å². The van der Waals surface area contributed by atoms with E-state index >= 15 is 0 Å². The van der Waals surface area contributed by atoms with Gasteiger partial charge in [-0.05, 0) is 18.6 Å². The highest BCUT2D eigenvalue weighted by Crippen LogP contribution is 2.28. The smallest absolute Gasteiger partial charge is 0.346 e. The fourth-order valence-electron chi connectivity index (χ4n) is 1.64. The van der Waals surface area contributed by atoms with Crippen molar-refractivity contribution in [2.24, 2.45) is 0 Å². The quantitative estimate of drug-likeness (QED) is 0.769. The van der Waals surface area contributed by atoms with Crippen LogP contribution in [0.4, 0.5) is 0 Å². The fourth-order valence-corrected chi connectivity index (χ4v) is 4.60. The number of rotatable bonds is 8. The summed E-state index contributed by atoms with van der Waals surface area (Å²) in [5, 5.41) is 17.6. The number of aryl methyl sites for hydroxylation is 1. The minimum Gasteiger partial charge on any atom is -0.477 e. The zero-order valence-corrected chi connectivity index (χ0v) is 13.3. The lowest BCUT2D eigenvalue weighted by molar-refractivity contribution is 0.0701. The largest absolute Gasteiger partial charge is 0.477 e. The van der Waals surface area contributed by atoms with Gasteiger partial charge in [-0.15, -0.1) is 11.3 Å². The topological polar surface area (TPSA) is 108 Å². The number of carboxylic acid groups (broad SMARTS) is 1. The predicted octanol–water partition coefficient (Wildman–Crippen LogP) is 1.31. The minimum absolute atomic E-state index is 0.000509. The Hall–Kier alpha value is -1.47. The van der Waals surface area contributed by atoms with Crippen LogP contribution in [0.15, 0.2) is 10.3 Å². The molecule has 0 spiro atoms. The maximum Gasteiger partial charge on any atom is 0.346 e. The lowest BCUT2D eigenvalue weighted by Gasteiger charge is -2.19. The maximum atomic E-state index is 12.5. The third kappa shape index (κ3) is 4.25. The summed E-state index contributed by atoms with van der Waals surface area (Å²) in [6.45, 7) is 1.90. The van der Waals surface area contributed by atoms with E-state index in [2.05, 4.69) is 0 Å². The molecule has 0 aliphatic rings. The van der Waals surface area contributed by atoms with Gasteiger partial charge in [0.05, 0.1) is 12.7 Å². The Bertz CT molecular complexity index is 645. The van der Waals surface area contributed by atoms with E-state index in [1.165, 1.54) is 13.2 Å². The van der Waals surface area contributed by atoms with Crippen LogP contribution in [0.3, 0.4) is 0 Å². The minimum atomic E-state index is -3.82. The molecular formula is C12H16N2O5S2. The van der Waals surface area contributed by atoms with Crippen LogP contribution in [0, 0.1) is 18.3 Å². The molecule has 1 aromatic heterocycles. The highest BCUT2D eigenvalue weighted by Gasteiger charge is 2.28. The Balaban J connectivity index is 3.12. The first-order chi connectivity index (χ1) is 9.84. The van der Waals surface area contributed by atoms with E-state index < -0.39 is 16.0 Å². The molecule has 0 aromatic carbocycles. The van der Waals surface area contributed by atoms with Gasteiger partial charge >= 0.3 is 5.97 Å². The number of methoxy groups -OCH3 is 1. The Morgan fingerprint density at radius 3 is 2.67 bits per heavy atom. The molecule has 7 nitrogen and oxygen atoms in total. The van der Waals surface area contributed by atoms with Crippen molar-refractivity contribution in [3.8, 4) is 6.07 Å².